The maximum atomic E-state index is 11.9. The fraction of sp³-hybridized carbons (Fsp3) is 0.952. The normalized spacial score (nSPS) is 11.2. The molecule has 0 aliphatic heterocycles. The quantitative estimate of drug-likeness (QED) is 0.139. The summed E-state index contributed by atoms with van der Waals surface area (Å²) in [4.78, 5) is 14.4. The SMILES string of the molecule is CCCCCCCCN(CCCCCC)CCC(=O)OCCCCBr. The maximum Gasteiger partial charge on any atom is 0.307 e. The summed E-state index contributed by atoms with van der Waals surface area (Å²) in [5.41, 5.74) is 0. The van der Waals surface area contributed by atoms with Crippen molar-refractivity contribution in [1.82, 2.24) is 4.90 Å². The second kappa shape index (κ2) is 20.2. The Kier molecular flexibility index (Phi) is 20.2. The number of unbranched alkanes of at least 4 members (excludes halogenated alkanes) is 9. The average Bonchev–Trinajstić information content (AvgIpc) is 2.62. The fourth-order valence-corrected chi connectivity index (χ4v) is 3.31. The minimum atomic E-state index is -0.0314. The number of alkyl halides is 1. The number of hydrogen-bond donors (Lipinski definition) is 0. The number of rotatable bonds is 19. The van der Waals surface area contributed by atoms with Gasteiger partial charge in [0.05, 0.1) is 13.0 Å². The lowest BCUT2D eigenvalue weighted by Gasteiger charge is -2.22. The van der Waals surface area contributed by atoms with E-state index in [1.807, 2.05) is 0 Å². The summed E-state index contributed by atoms with van der Waals surface area (Å²) in [6, 6.07) is 0. The van der Waals surface area contributed by atoms with Crippen LogP contribution in [0.5, 0.6) is 0 Å². The lowest BCUT2D eigenvalue weighted by molar-refractivity contribution is -0.144. The van der Waals surface area contributed by atoms with E-state index >= 15 is 0 Å². The summed E-state index contributed by atoms with van der Waals surface area (Å²) in [6.07, 6.45) is 15.7. The molecule has 0 N–H and O–H groups in total. The van der Waals surface area contributed by atoms with E-state index in [4.69, 9.17) is 4.74 Å². The highest BCUT2D eigenvalue weighted by molar-refractivity contribution is 9.09. The van der Waals surface area contributed by atoms with Crippen molar-refractivity contribution < 1.29 is 9.53 Å². The largest absolute Gasteiger partial charge is 0.466 e. The summed E-state index contributed by atoms with van der Waals surface area (Å²) < 4.78 is 5.32. The molecule has 0 bridgehead atoms. The van der Waals surface area contributed by atoms with Gasteiger partial charge < -0.3 is 9.64 Å². The van der Waals surface area contributed by atoms with Gasteiger partial charge >= 0.3 is 5.97 Å². The van der Waals surface area contributed by atoms with Crippen LogP contribution in [0.15, 0.2) is 0 Å². The number of nitrogens with zero attached hydrogens (tertiary/aromatic N) is 1. The Labute approximate surface area is 165 Å². The van der Waals surface area contributed by atoms with Gasteiger partial charge in [-0.05, 0) is 38.8 Å². The molecule has 0 spiro atoms. The van der Waals surface area contributed by atoms with Crippen LogP contribution in [-0.4, -0.2) is 42.4 Å². The van der Waals surface area contributed by atoms with Crippen molar-refractivity contribution in [1.29, 1.82) is 0 Å². The predicted octanol–water partition coefficient (Wildman–Crippen LogP) is 6.34. The summed E-state index contributed by atoms with van der Waals surface area (Å²) in [7, 11) is 0. The molecule has 0 aromatic heterocycles. The van der Waals surface area contributed by atoms with Gasteiger partial charge in [-0.25, -0.2) is 0 Å². The van der Waals surface area contributed by atoms with Crippen LogP contribution >= 0.6 is 15.9 Å². The van der Waals surface area contributed by atoms with Gasteiger partial charge in [0.15, 0.2) is 0 Å². The first-order chi connectivity index (χ1) is 12.2. The highest BCUT2D eigenvalue weighted by Gasteiger charge is 2.09. The van der Waals surface area contributed by atoms with Crippen molar-refractivity contribution in [3.05, 3.63) is 0 Å². The minimum absolute atomic E-state index is 0.0314. The van der Waals surface area contributed by atoms with Crippen LogP contribution in [0.4, 0.5) is 0 Å². The zero-order valence-electron chi connectivity index (χ0n) is 16.9. The van der Waals surface area contributed by atoms with Crippen LogP contribution in [0.1, 0.15) is 97.3 Å². The van der Waals surface area contributed by atoms with E-state index in [0.29, 0.717) is 13.0 Å². The molecule has 0 unspecified atom stereocenters. The molecule has 150 valence electrons. The molecule has 25 heavy (non-hydrogen) atoms. The van der Waals surface area contributed by atoms with Crippen molar-refractivity contribution in [2.75, 3.05) is 31.6 Å². The smallest absolute Gasteiger partial charge is 0.307 e. The number of halogens is 1. The number of carbonyl (C=O) groups is 1. The minimum Gasteiger partial charge on any atom is -0.466 e. The van der Waals surface area contributed by atoms with Crippen LogP contribution in [-0.2, 0) is 9.53 Å². The van der Waals surface area contributed by atoms with Crippen LogP contribution in [0, 0.1) is 0 Å². The summed E-state index contributed by atoms with van der Waals surface area (Å²) >= 11 is 3.40. The number of esters is 1. The van der Waals surface area contributed by atoms with Crippen LogP contribution in [0.3, 0.4) is 0 Å². The molecule has 0 radical (unpaired) electrons. The first-order valence-corrected chi connectivity index (χ1v) is 11.8. The third-order valence-electron chi connectivity index (χ3n) is 4.58. The topological polar surface area (TPSA) is 29.5 Å². The molecule has 4 heteroatoms. The highest BCUT2D eigenvalue weighted by atomic mass is 79.9. The maximum absolute atomic E-state index is 11.9. The molecule has 0 saturated carbocycles. The summed E-state index contributed by atoms with van der Waals surface area (Å²) in [5.74, 6) is -0.0314. The monoisotopic (exact) mass is 419 g/mol. The van der Waals surface area contributed by atoms with Gasteiger partial charge in [0.2, 0.25) is 0 Å². The van der Waals surface area contributed by atoms with Crippen LogP contribution < -0.4 is 0 Å². The lowest BCUT2D eigenvalue weighted by atomic mass is 10.1. The van der Waals surface area contributed by atoms with E-state index in [-0.39, 0.29) is 5.97 Å². The summed E-state index contributed by atoms with van der Waals surface area (Å²) in [5, 5.41) is 0.981. The Morgan fingerprint density at radius 2 is 1.32 bits per heavy atom. The van der Waals surface area contributed by atoms with Gasteiger partial charge in [0, 0.05) is 11.9 Å². The van der Waals surface area contributed by atoms with Gasteiger partial charge in [-0.2, -0.15) is 0 Å². The van der Waals surface area contributed by atoms with Crippen molar-refractivity contribution in [2.24, 2.45) is 0 Å². The second-order valence-electron chi connectivity index (χ2n) is 7.04. The number of ether oxygens (including phenoxy) is 1. The Hall–Kier alpha value is -0.0900. The number of hydrogen-bond acceptors (Lipinski definition) is 3. The zero-order valence-corrected chi connectivity index (χ0v) is 18.5. The second-order valence-corrected chi connectivity index (χ2v) is 7.83. The first-order valence-electron chi connectivity index (χ1n) is 10.7. The van der Waals surface area contributed by atoms with Crippen molar-refractivity contribution in [3.63, 3.8) is 0 Å². The van der Waals surface area contributed by atoms with E-state index < -0.39 is 0 Å². The van der Waals surface area contributed by atoms with Gasteiger partial charge in [-0.1, -0.05) is 81.1 Å². The van der Waals surface area contributed by atoms with Crippen molar-refractivity contribution >= 4 is 21.9 Å². The predicted molar refractivity (Wildman–Crippen MR) is 113 cm³/mol. The van der Waals surface area contributed by atoms with Crippen molar-refractivity contribution in [2.45, 2.75) is 97.3 Å². The van der Waals surface area contributed by atoms with E-state index in [1.165, 1.54) is 64.2 Å². The molecular weight excluding hydrogens is 378 g/mol. The molecule has 0 aliphatic carbocycles. The molecule has 0 fully saturated rings. The molecule has 0 rings (SSSR count). The Bertz CT molecular complexity index is 287. The zero-order chi connectivity index (χ0) is 18.6. The Balaban J connectivity index is 3.92. The highest BCUT2D eigenvalue weighted by Crippen LogP contribution is 2.08. The molecule has 0 aromatic rings. The molecule has 0 saturated heterocycles. The molecule has 0 amide bonds. The first kappa shape index (κ1) is 24.9. The molecular formula is C21H42BrNO2. The summed E-state index contributed by atoms with van der Waals surface area (Å²) in [6.45, 7) is 8.20. The van der Waals surface area contributed by atoms with Crippen molar-refractivity contribution in [3.8, 4) is 0 Å². The van der Waals surface area contributed by atoms with E-state index in [0.717, 1.165) is 37.8 Å². The fourth-order valence-electron chi connectivity index (χ4n) is 2.92. The average molecular weight is 420 g/mol. The lowest BCUT2D eigenvalue weighted by Crippen LogP contribution is -2.29. The van der Waals surface area contributed by atoms with E-state index in [2.05, 4.69) is 34.7 Å². The van der Waals surface area contributed by atoms with Gasteiger partial charge in [-0.3, -0.25) is 4.79 Å². The van der Waals surface area contributed by atoms with Gasteiger partial charge in [0.25, 0.3) is 0 Å². The third kappa shape index (κ3) is 18.5. The standard InChI is InChI=1S/C21H42BrNO2/c1-3-5-7-9-10-13-18-23(17-12-8-6-4-2)19-15-21(24)25-20-14-11-16-22/h3-20H2,1-2H3. The molecule has 0 aromatic carbocycles. The molecule has 0 atom stereocenters. The van der Waals surface area contributed by atoms with E-state index in [9.17, 15) is 4.79 Å². The third-order valence-corrected chi connectivity index (χ3v) is 5.14. The number of carbonyl (C=O) groups excluding carboxylic acids is 1. The van der Waals surface area contributed by atoms with Gasteiger partial charge in [0.1, 0.15) is 0 Å². The Morgan fingerprint density at radius 1 is 0.760 bits per heavy atom. The van der Waals surface area contributed by atoms with E-state index in [1.54, 1.807) is 0 Å². The van der Waals surface area contributed by atoms with Crippen LogP contribution in [0.2, 0.25) is 0 Å². The molecule has 0 aliphatic rings. The molecule has 0 heterocycles. The molecule has 3 nitrogen and oxygen atoms in total. The Morgan fingerprint density at radius 3 is 1.92 bits per heavy atom. The van der Waals surface area contributed by atoms with Crippen LogP contribution in [0.25, 0.3) is 0 Å². The van der Waals surface area contributed by atoms with Gasteiger partial charge in [-0.15, -0.1) is 0 Å².